The summed E-state index contributed by atoms with van der Waals surface area (Å²) in [4.78, 5) is 24.1. The molecule has 0 aromatic heterocycles. The van der Waals surface area contributed by atoms with Gasteiger partial charge in [0.2, 0.25) is 0 Å². The van der Waals surface area contributed by atoms with Crippen molar-refractivity contribution in [2.75, 3.05) is 6.61 Å². The average Bonchev–Trinajstić information content (AvgIpc) is 2.56. The minimum atomic E-state index is -0.475. The molecular weight excluding hydrogens is 288 g/mol. The van der Waals surface area contributed by atoms with Gasteiger partial charge < -0.3 is 4.74 Å². The molecule has 0 bridgehead atoms. The molecule has 3 heteroatoms. The van der Waals surface area contributed by atoms with Gasteiger partial charge >= 0.3 is 5.97 Å². The van der Waals surface area contributed by atoms with Crippen molar-refractivity contribution in [2.24, 2.45) is 23.7 Å². The number of carbonyl (C=O) groups excluding carboxylic acids is 2. The van der Waals surface area contributed by atoms with Crippen LogP contribution in [0.15, 0.2) is 0 Å². The second-order valence-corrected chi connectivity index (χ2v) is 7.59. The fourth-order valence-electron chi connectivity index (χ4n) is 4.57. The van der Waals surface area contributed by atoms with Crippen molar-refractivity contribution in [3.05, 3.63) is 0 Å². The number of ketones is 1. The number of esters is 1. The fourth-order valence-corrected chi connectivity index (χ4v) is 4.57. The number of rotatable bonds is 7. The van der Waals surface area contributed by atoms with E-state index in [4.69, 9.17) is 4.74 Å². The summed E-state index contributed by atoms with van der Waals surface area (Å²) in [5.74, 6) is 1.51. The first-order valence-corrected chi connectivity index (χ1v) is 9.85. The summed E-state index contributed by atoms with van der Waals surface area (Å²) in [7, 11) is 0. The minimum absolute atomic E-state index is 0.129. The molecule has 0 amide bonds. The Morgan fingerprint density at radius 1 is 1.00 bits per heavy atom. The topological polar surface area (TPSA) is 43.4 Å². The van der Waals surface area contributed by atoms with Gasteiger partial charge in [-0.05, 0) is 50.4 Å². The van der Waals surface area contributed by atoms with Crippen LogP contribution in [0.2, 0.25) is 0 Å². The molecule has 0 N–H and O–H groups in total. The van der Waals surface area contributed by atoms with Gasteiger partial charge in [0.15, 0.2) is 0 Å². The summed E-state index contributed by atoms with van der Waals surface area (Å²) < 4.78 is 5.03. The first-order chi connectivity index (χ1) is 11.2. The van der Waals surface area contributed by atoms with Crippen molar-refractivity contribution in [1.29, 1.82) is 0 Å². The highest BCUT2D eigenvalue weighted by Crippen LogP contribution is 2.41. The lowest BCUT2D eigenvalue weighted by Crippen LogP contribution is -2.35. The molecule has 2 saturated carbocycles. The van der Waals surface area contributed by atoms with Crippen LogP contribution < -0.4 is 0 Å². The number of hydrogen-bond acceptors (Lipinski definition) is 3. The highest BCUT2D eigenvalue weighted by Gasteiger charge is 2.38. The quantitative estimate of drug-likeness (QED) is 0.379. The molecule has 132 valence electrons. The highest BCUT2D eigenvalue weighted by atomic mass is 16.5. The van der Waals surface area contributed by atoms with Gasteiger partial charge in [-0.15, -0.1) is 0 Å². The molecule has 2 unspecified atom stereocenters. The van der Waals surface area contributed by atoms with Crippen LogP contribution in [0.3, 0.4) is 0 Å². The van der Waals surface area contributed by atoms with E-state index in [2.05, 4.69) is 6.92 Å². The first-order valence-electron chi connectivity index (χ1n) is 9.85. The molecule has 2 fully saturated rings. The molecular formula is C20H34O3. The van der Waals surface area contributed by atoms with E-state index in [1.165, 1.54) is 51.4 Å². The monoisotopic (exact) mass is 322 g/mol. The summed E-state index contributed by atoms with van der Waals surface area (Å²) in [6, 6.07) is 0. The molecule has 2 rings (SSSR count). The smallest absolute Gasteiger partial charge is 0.316 e. The molecule has 0 aromatic rings. The van der Waals surface area contributed by atoms with Gasteiger partial charge in [0.1, 0.15) is 11.7 Å². The lowest BCUT2D eigenvalue weighted by molar-refractivity contribution is -0.153. The maximum Gasteiger partial charge on any atom is 0.316 e. The van der Waals surface area contributed by atoms with Crippen molar-refractivity contribution in [2.45, 2.75) is 84.5 Å². The van der Waals surface area contributed by atoms with Crippen molar-refractivity contribution in [3.63, 3.8) is 0 Å². The van der Waals surface area contributed by atoms with E-state index in [0.717, 1.165) is 12.3 Å². The third-order valence-corrected chi connectivity index (χ3v) is 6.02. The molecule has 0 aliphatic heterocycles. The second kappa shape index (κ2) is 9.44. The first kappa shape index (κ1) is 18.5. The Balaban J connectivity index is 1.73. The Hall–Kier alpha value is -0.860. The van der Waals surface area contributed by atoms with Gasteiger partial charge in [-0.1, -0.05) is 45.4 Å². The Bertz CT molecular complexity index is 382. The zero-order chi connectivity index (χ0) is 16.7. The average molecular weight is 322 g/mol. The summed E-state index contributed by atoms with van der Waals surface area (Å²) in [6.45, 7) is 4.43. The van der Waals surface area contributed by atoms with Gasteiger partial charge in [-0.2, -0.15) is 0 Å². The van der Waals surface area contributed by atoms with E-state index in [1.807, 2.05) is 0 Å². The molecule has 0 aromatic carbocycles. The van der Waals surface area contributed by atoms with Crippen LogP contribution in [0, 0.1) is 23.7 Å². The predicted molar refractivity (Wildman–Crippen MR) is 92.1 cm³/mol. The minimum Gasteiger partial charge on any atom is -0.465 e. The third-order valence-electron chi connectivity index (χ3n) is 6.02. The molecule has 2 aliphatic carbocycles. The Labute approximate surface area is 141 Å². The normalized spacial score (nSPS) is 31.8. The zero-order valence-electron chi connectivity index (χ0n) is 15.0. The number of ether oxygens (including phenoxy) is 1. The van der Waals surface area contributed by atoms with Crippen LogP contribution in [0.4, 0.5) is 0 Å². The molecule has 0 radical (unpaired) electrons. The van der Waals surface area contributed by atoms with Crippen molar-refractivity contribution in [1.82, 2.24) is 0 Å². The molecule has 3 nitrogen and oxygen atoms in total. The maximum absolute atomic E-state index is 12.3. The summed E-state index contributed by atoms with van der Waals surface area (Å²) in [5.41, 5.74) is 0. The van der Waals surface area contributed by atoms with Crippen LogP contribution >= 0.6 is 0 Å². The van der Waals surface area contributed by atoms with Gasteiger partial charge in [0.05, 0.1) is 6.61 Å². The maximum atomic E-state index is 12.3. The van der Waals surface area contributed by atoms with E-state index >= 15 is 0 Å². The van der Waals surface area contributed by atoms with Gasteiger partial charge in [-0.3, -0.25) is 9.59 Å². The second-order valence-electron chi connectivity index (χ2n) is 7.59. The van der Waals surface area contributed by atoms with Crippen molar-refractivity contribution < 1.29 is 14.3 Å². The number of hydrogen-bond donors (Lipinski definition) is 0. The van der Waals surface area contributed by atoms with E-state index in [1.54, 1.807) is 6.92 Å². The van der Waals surface area contributed by atoms with Crippen LogP contribution in [0.1, 0.15) is 84.5 Å². The fraction of sp³-hybridized carbons (Fsp3) is 0.900. The van der Waals surface area contributed by atoms with Crippen molar-refractivity contribution >= 4 is 11.8 Å². The third kappa shape index (κ3) is 5.32. The molecule has 2 atom stereocenters. The Kier molecular flexibility index (Phi) is 7.58. The summed E-state index contributed by atoms with van der Waals surface area (Å²) in [5, 5.41) is 0. The molecule has 0 spiro atoms. The lowest BCUT2D eigenvalue weighted by Gasteiger charge is -2.36. The standard InChI is InChI=1S/C20H34O3/c1-3-5-6-7-15-8-10-16(11-9-15)17-12-13-18(19(21)14-17)20(22)23-4-2/h15-18H,3-14H2,1-2H3. The van der Waals surface area contributed by atoms with Gasteiger partial charge in [0.25, 0.3) is 0 Å². The predicted octanol–water partition coefficient (Wildman–Crippen LogP) is 4.92. The molecule has 0 heterocycles. The summed E-state index contributed by atoms with van der Waals surface area (Å²) in [6.07, 6.45) is 13.1. The van der Waals surface area contributed by atoms with Crippen LogP contribution in [-0.4, -0.2) is 18.4 Å². The van der Waals surface area contributed by atoms with Crippen LogP contribution in [-0.2, 0) is 14.3 Å². The SMILES string of the molecule is CCCCCC1CCC(C2CCC(C(=O)OCC)C(=O)C2)CC1. The van der Waals surface area contributed by atoms with Gasteiger partial charge in [0, 0.05) is 6.42 Å². The number of Topliss-reactive ketones (excluding diaryl/α,β-unsaturated/α-hetero) is 1. The van der Waals surface area contributed by atoms with E-state index in [0.29, 0.717) is 31.3 Å². The molecule has 23 heavy (non-hydrogen) atoms. The van der Waals surface area contributed by atoms with E-state index < -0.39 is 5.92 Å². The van der Waals surface area contributed by atoms with Gasteiger partial charge in [-0.25, -0.2) is 0 Å². The Morgan fingerprint density at radius 2 is 1.70 bits per heavy atom. The number of unbranched alkanes of at least 4 members (excludes halogenated alkanes) is 2. The Morgan fingerprint density at radius 3 is 2.30 bits per heavy atom. The van der Waals surface area contributed by atoms with Crippen LogP contribution in [0.5, 0.6) is 0 Å². The van der Waals surface area contributed by atoms with E-state index in [-0.39, 0.29) is 11.8 Å². The van der Waals surface area contributed by atoms with Crippen LogP contribution in [0.25, 0.3) is 0 Å². The molecule has 2 aliphatic rings. The zero-order valence-corrected chi connectivity index (χ0v) is 15.0. The highest BCUT2D eigenvalue weighted by molar-refractivity contribution is 5.99. The van der Waals surface area contributed by atoms with E-state index in [9.17, 15) is 9.59 Å². The van der Waals surface area contributed by atoms with Crippen molar-refractivity contribution in [3.8, 4) is 0 Å². The number of carbonyl (C=O) groups is 2. The molecule has 0 saturated heterocycles. The summed E-state index contributed by atoms with van der Waals surface area (Å²) >= 11 is 0. The largest absolute Gasteiger partial charge is 0.465 e. The lowest BCUT2D eigenvalue weighted by atomic mass is 9.68.